The van der Waals surface area contributed by atoms with Crippen LogP contribution in [-0.4, -0.2) is 25.8 Å². The molecule has 24 heavy (non-hydrogen) atoms. The molecule has 0 unspecified atom stereocenters. The summed E-state index contributed by atoms with van der Waals surface area (Å²) < 4.78 is 37.9. The van der Waals surface area contributed by atoms with E-state index in [1.165, 1.54) is 12.1 Å². The van der Waals surface area contributed by atoms with Gasteiger partial charge in [0, 0.05) is 5.92 Å². The van der Waals surface area contributed by atoms with E-state index in [2.05, 4.69) is 25.3 Å². The third-order valence-electron chi connectivity index (χ3n) is 2.97. The molecule has 0 radical (unpaired) electrons. The van der Waals surface area contributed by atoms with Crippen molar-refractivity contribution in [1.29, 1.82) is 0 Å². The van der Waals surface area contributed by atoms with Crippen molar-refractivity contribution in [1.82, 2.24) is 19.9 Å². The minimum atomic E-state index is -4.55. The maximum atomic E-state index is 12.6. The van der Waals surface area contributed by atoms with E-state index >= 15 is 0 Å². The summed E-state index contributed by atoms with van der Waals surface area (Å²) in [5.74, 6) is 0.536. The van der Waals surface area contributed by atoms with Crippen LogP contribution in [0.25, 0.3) is 0 Å². The predicted molar refractivity (Wildman–Crippen MR) is 80.2 cm³/mol. The molecule has 0 saturated carbocycles. The average Bonchev–Trinajstić information content (AvgIpc) is 2.45. The zero-order chi connectivity index (χ0) is 17.9. The fourth-order valence-corrected chi connectivity index (χ4v) is 1.89. The second kappa shape index (κ2) is 6.90. The summed E-state index contributed by atoms with van der Waals surface area (Å²) in [5.41, 5.74) is -1.02. The standard InChI is InChI=1S/C15H16F3N5O/c1-8(2)13-19-9(3)20-14(23-13)22-12(24)7-10-5-4-6-11(21-10)15(16,17)18/h4-6,8H,7H2,1-3H3,(H,19,20,22,23,24). The Morgan fingerprint density at radius 1 is 1.17 bits per heavy atom. The lowest BCUT2D eigenvalue weighted by Gasteiger charge is -2.09. The second-order valence-electron chi connectivity index (χ2n) is 5.46. The van der Waals surface area contributed by atoms with Crippen LogP contribution in [0.15, 0.2) is 18.2 Å². The quantitative estimate of drug-likeness (QED) is 0.926. The number of carbonyl (C=O) groups excluding carboxylic acids is 1. The van der Waals surface area contributed by atoms with Gasteiger partial charge in [-0.2, -0.15) is 23.1 Å². The number of amides is 1. The number of nitrogens with one attached hydrogen (secondary N) is 1. The zero-order valence-electron chi connectivity index (χ0n) is 13.3. The lowest BCUT2D eigenvalue weighted by Crippen LogP contribution is -2.19. The molecule has 0 saturated heterocycles. The van der Waals surface area contributed by atoms with Crippen molar-refractivity contribution in [2.24, 2.45) is 0 Å². The molecule has 0 aromatic carbocycles. The summed E-state index contributed by atoms with van der Waals surface area (Å²) in [6, 6.07) is 3.42. The van der Waals surface area contributed by atoms with Gasteiger partial charge in [-0.15, -0.1) is 0 Å². The number of hydrogen-bond acceptors (Lipinski definition) is 5. The first-order valence-electron chi connectivity index (χ1n) is 7.20. The smallest absolute Gasteiger partial charge is 0.294 e. The van der Waals surface area contributed by atoms with E-state index in [0.29, 0.717) is 11.6 Å². The first-order valence-corrected chi connectivity index (χ1v) is 7.20. The number of aryl methyl sites for hydroxylation is 1. The van der Waals surface area contributed by atoms with Gasteiger partial charge in [-0.1, -0.05) is 19.9 Å². The van der Waals surface area contributed by atoms with Crippen LogP contribution in [0.5, 0.6) is 0 Å². The number of halogens is 3. The maximum Gasteiger partial charge on any atom is 0.433 e. The fraction of sp³-hybridized carbons (Fsp3) is 0.400. The van der Waals surface area contributed by atoms with E-state index in [-0.39, 0.29) is 24.0 Å². The molecule has 1 N–H and O–H groups in total. The van der Waals surface area contributed by atoms with Crippen molar-refractivity contribution in [3.63, 3.8) is 0 Å². The van der Waals surface area contributed by atoms with Crippen LogP contribution >= 0.6 is 0 Å². The van der Waals surface area contributed by atoms with E-state index in [0.717, 1.165) is 6.07 Å². The van der Waals surface area contributed by atoms with Gasteiger partial charge in [-0.25, -0.2) is 9.97 Å². The summed E-state index contributed by atoms with van der Waals surface area (Å²) in [4.78, 5) is 27.7. The van der Waals surface area contributed by atoms with Crippen LogP contribution in [0.4, 0.5) is 19.1 Å². The van der Waals surface area contributed by atoms with Crippen molar-refractivity contribution in [3.05, 3.63) is 41.2 Å². The van der Waals surface area contributed by atoms with Crippen molar-refractivity contribution >= 4 is 11.9 Å². The molecule has 2 aromatic heterocycles. The Morgan fingerprint density at radius 3 is 2.50 bits per heavy atom. The van der Waals surface area contributed by atoms with Gasteiger partial charge in [0.15, 0.2) is 0 Å². The summed E-state index contributed by atoms with van der Waals surface area (Å²) >= 11 is 0. The number of hydrogen-bond donors (Lipinski definition) is 1. The Morgan fingerprint density at radius 2 is 1.88 bits per heavy atom. The molecular weight excluding hydrogens is 323 g/mol. The van der Waals surface area contributed by atoms with Gasteiger partial charge in [0.25, 0.3) is 0 Å². The van der Waals surface area contributed by atoms with Crippen LogP contribution in [0.1, 0.15) is 42.8 Å². The number of nitrogens with zero attached hydrogens (tertiary/aromatic N) is 4. The Hall–Kier alpha value is -2.58. The minimum absolute atomic E-state index is 0.0113. The van der Waals surface area contributed by atoms with Crippen molar-refractivity contribution < 1.29 is 18.0 Å². The van der Waals surface area contributed by atoms with Gasteiger partial charge in [-0.05, 0) is 19.1 Å². The highest BCUT2D eigenvalue weighted by atomic mass is 19.4. The number of aromatic nitrogens is 4. The first kappa shape index (κ1) is 17.8. The molecule has 0 spiro atoms. The van der Waals surface area contributed by atoms with Crippen LogP contribution in [0.2, 0.25) is 0 Å². The van der Waals surface area contributed by atoms with Crippen molar-refractivity contribution in [2.45, 2.75) is 39.3 Å². The fourth-order valence-electron chi connectivity index (χ4n) is 1.89. The Labute approximate surface area is 136 Å². The van der Waals surface area contributed by atoms with Gasteiger partial charge < -0.3 is 0 Å². The molecular formula is C15H16F3N5O. The maximum absolute atomic E-state index is 12.6. The van der Waals surface area contributed by atoms with Crippen LogP contribution in [0.3, 0.4) is 0 Å². The average molecular weight is 339 g/mol. The summed E-state index contributed by atoms with van der Waals surface area (Å²) in [7, 11) is 0. The zero-order valence-corrected chi connectivity index (χ0v) is 13.3. The number of carbonyl (C=O) groups is 1. The number of pyridine rings is 1. The van der Waals surface area contributed by atoms with Gasteiger partial charge in [0.2, 0.25) is 11.9 Å². The molecule has 128 valence electrons. The predicted octanol–water partition coefficient (Wildman–Crippen LogP) is 2.90. The third-order valence-corrected chi connectivity index (χ3v) is 2.97. The van der Waals surface area contributed by atoms with E-state index in [1.54, 1.807) is 6.92 Å². The first-order chi connectivity index (χ1) is 11.1. The molecule has 2 aromatic rings. The lowest BCUT2D eigenvalue weighted by molar-refractivity contribution is -0.141. The number of alkyl halides is 3. The lowest BCUT2D eigenvalue weighted by atomic mass is 10.2. The molecule has 1 amide bonds. The van der Waals surface area contributed by atoms with Crippen LogP contribution in [0, 0.1) is 6.92 Å². The Balaban J connectivity index is 2.12. The monoisotopic (exact) mass is 339 g/mol. The minimum Gasteiger partial charge on any atom is -0.294 e. The molecule has 2 heterocycles. The van der Waals surface area contributed by atoms with Gasteiger partial charge in [0.05, 0.1) is 12.1 Å². The van der Waals surface area contributed by atoms with E-state index in [1.807, 2.05) is 13.8 Å². The van der Waals surface area contributed by atoms with Crippen molar-refractivity contribution in [3.8, 4) is 0 Å². The summed E-state index contributed by atoms with van der Waals surface area (Å²) in [5, 5.41) is 2.46. The normalized spacial score (nSPS) is 11.6. The van der Waals surface area contributed by atoms with Crippen molar-refractivity contribution in [2.75, 3.05) is 5.32 Å². The van der Waals surface area contributed by atoms with Gasteiger partial charge in [0.1, 0.15) is 17.3 Å². The molecule has 6 nitrogen and oxygen atoms in total. The highest BCUT2D eigenvalue weighted by Gasteiger charge is 2.32. The van der Waals surface area contributed by atoms with E-state index < -0.39 is 17.8 Å². The molecule has 0 atom stereocenters. The molecule has 0 aliphatic rings. The van der Waals surface area contributed by atoms with E-state index in [4.69, 9.17) is 0 Å². The van der Waals surface area contributed by atoms with Crippen LogP contribution < -0.4 is 5.32 Å². The van der Waals surface area contributed by atoms with E-state index in [9.17, 15) is 18.0 Å². The molecule has 0 fully saturated rings. The molecule has 0 aliphatic heterocycles. The third kappa shape index (κ3) is 4.71. The molecule has 0 bridgehead atoms. The molecule has 9 heteroatoms. The SMILES string of the molecule is Cc1nc(NC(=O)Cc2cccc(C(F)(F)F)n2)nc(C(C)C)n1. The number of rotatable bonds is 4. The Kier molecular flexibility index (Phi) is 5.10. The highest BCUT2D eigenvalue weighted by Crippen LogP contribution is 2.27. The summed E-state index contributed by atoms with van der Waals surface area (Å²) in [6.07, 6.45) is -4.87. The topological polar surface area (TPSA) is 80.7 Å². The number of anilines is 1. The summed E-state index contributed by atoms with van der Waals surface area (Å²) in [6.45, 7) is 5.46. The van der Waals surface area contributed by atoms with Gasteiger partial charge in [-0.3, -0.25) is 10.1 Å². The highest BCUT2D eigenvalue weighted by molar-refractivity contribution is 5.90. The molecule has 0 aliphatic carbocycles. The van der Waals surface area contributed by atoms with Crippen LogP contribution in [-0.2, 0) is 17.4 Å². The second-order valence-corrected chi connectivity index (χ2v) is 5.46. The van der Waals surface area contributed by atoms with Gasteiger partial charge >= 0.3 is 6.18 Å². The largest absolute Gasteiger partial charge is 0.433 e. The molecule has 2 rings (SSSR count). The Bertz CT molecular complexity index is 746.